The van der Waals surface area contributed by atoms with Gasteiger partial charge in [-0.1, -0.05) is 6.92 Å². The van der Waals surface area contributed by atoms with Crippen LogP contribution in [0.4, 0.5) is 4.39 Å². The molecule has 0 bridgehead atoms. The first-order valence-corrected chi connectivity index (χ1v) is 9.56. The summed E-state index contributed by atoms with van der Waals surface area (Å²) in [4.78, 5) is 21.0. The summed E-state index contributed by atoms with van der Waals surface area (Å²) in [7, 11) is 0. The van der Waals surface area contributed by atoms with Gasteiger partial charge in [-0.3, -0.25) is 9.97 Å². The standard InChI is InChI=1S/C23H16FN5/c1-2-16-18(15-11-12(24)7-8-17(15)27-16)23-28-21-13-5-3-9-25-19(13)20-14(22(21)29-23)6-4-10-26-20/h3-11,27H,2H2,1H3,(H,28,29). The Balaban J connectivity index is 1.78. The average Bonchev–Trinajstić information content (AvgIpc) is 3.35. The van der Waals surface area contributed by atoms with Crippen molar-refractivity contribution in [1.29, 1.82) is 0 Å². The van der Waals surface area contributed by atoms with E-state index in [0.717, 1.165) is 67.2 Å². The molecule has 5 nitrogen and oxygen atoms in total. The number of aromatic nitrogens is 5. The zero-order valence-corrected chi connectivity index (χ0v) is 15.6. The van der Waals surface area contributed by atoms with Crippen LogP contribution in [-0.4, -0.2) is 24.9 Å². The van der Waals surface area contributed by atoms with Crippen LogP contribution in [0.5, 0.6) is 0 Å². The van der Waals surface area contributed by atoms with E-state index in [4.69, 9.17) is 4.98 Å². The van der Waals surface area contributed by atoms with E-state index in [2.05, 4.69) is 26.9 Å². The van der Waals surface area contributed by atoms with E-state index in [9.17, 15) is 4.39 Å². The van der Waals surface area contributed by atoms with Gasteiger partial charge in [0.05, 0.1) is 22.1 Å². The fourth-order valence-corrected chi connectivity index (χ4v) is 4.22. The van der Waals surface area contributed by atoms with Crippen molar-refractivity contribution < 1.29 is 4.39 Å². The number of halogens is 1. The minimum atomic E-state index is -0.263. The first-order valence-electron chi connectivity index (χ1n) is 9.56. The number of hydrogen-bond acceptors (Lipinski definition) is 3. The highest BCUT2D eigenvalue weighted by atomic mass is 19.1. The minimum Gasteiger partial charge on any atom is -0.358 e. The zero-order valence-electron chi connectivity index (χ0n) is 15.6. The number of benzene rings is 2. The van der Waals surface area contributed by atoms with Gasteiger partial charge in [-0.2, -0.15) is 0 Å². The van der Waals surface area contributed by atoms with Gasteiger partial charge in [-0.15, -0.1) is 0 Å². The second-order valence-electron chi connectivity index (χ2n) is 7.13. The lowest BCUT2D eigenvalue weighted by atomic mass is 10.1. The van der Waals surface area contributed by atoms with Crippen LogP contribution in [0.3, 0.4) is 0 Å². The van der Waals surface area contributed by atoms with Crippen molar-refractivity contribution in [2.45, 2.75) is 13.3 Å². The van der Waals surface area contributed by atoms with Gasteiger partial charge in [-0.05, 0) is 48.9 Å². The molecule has 0 aliphatic heterocycles. The van der Waals surface area contributed by atoms with E-state index in [0.29, 0.717) is 0 Å². The lowest BCUT2D eigenvalue weighted by Gasteiger charge is -2.03. The van der Waals surface area contributed by atoms with E-state index in [1.807, 2.05) is 24.3 Å². The number of hydrogen-bond donors (Lipinski definition) is 2. The van der Waals surface area contributed by atoms with Crippen molar-refractivity contribution >= 4 is 43.7 Å². The fraction of sp³-hybridized carbons (Fsp3) is 0.0870. The SMILES string of the molecule is CCc1[nH]c2ccc(F)cc2c1-c1nc2c3cccnc3c3ncccc3c2[nH]1. The monoisotopic (exact) mass is 381 g/mol. The largest absolute Gasteiger partial charge is 0.358 e. The van der Waals surface area contributed by atoms with Gasteiger partial charge < -0.3 is 9.97 Å². The molecule has 0 saturated carbocycles. The van der Waals surface area contributed by atoms with Crippen molar-refractivity contribution in [2.75, 3.05) is 0 Å². The molecule has 0 spiro atoms. The van der Waals surface area contributed by atoms with Gasteiger partial charge in [0.1, 0.15) is 11.6 Å². The molecule has 0 unspecified atom stereocenters. The van der Waals surface area contributed by atoms with Crippen LogP contribution in [0.25, 0.3) is 55.1 Å². The van der Waals surface area contributed by atoms with Gasteiger partial charge in [-0.25, -0.2) is 9.37 Å². The quantitative estimate of drug-likeness (QED) is 0.389. The fourth-order valence-electron chi connectivity index (χ4n) is 4.22. The highest BCUT2D eigenvalue weighted by molar-refractivity contribution is 6.21. The Labute approximate surface area is 164 Å². The Bertz CT molecular complexity index is 1490. The first-order chi connectivity index (χ1) is 14.2. The molecule has 4 heterocycles. The number of imidazole rings is 1. The zero-order chi connectivity index (χ0) is 19.5. The van der Waals surface area contributed by atoms with Crippen molar-refractivity contribution in [3.05, 3.63) is 66.4 Å². The number of pyridine rings is 2. The number of aryl methyl sites for hydroxylation is 1. The molecule has 0 atom stereocenters. The number of nitrogens with zero attached hydrogens (tertiary/aromatic N) is 3. The maximum absolute atomic E-state index is 14.0. The second-order valence-corrected chi connectivity index (χ2v) is 7.13. The molecular formula is C23H16FN5. The van der Waals surface area contributed by atoms with Crippen LogP contribution >= 0.6 is 0 Å². The van der Waals surface area contributed by atoms with Crippen molar-refractivity contribution in [3.8, 4) is 11.4 Å². The molecule has 0 aliphatic carbocycles. The minimum absolute atomic E-state index is 0.263. The van der Waals surface area contributed by atoms with Crippen LogP contribution in [0.2, 0.25) is 0 Å². The molecule has 0 fully saturated rings. The van der Waals surface area contributed by atoms with E-state index < -0.39 is 0 Å². The lowest BCUT2D eigenvalue weighted by molar-refractivity contribution is 0.630. The summed E-state index contributed by atoms with van der Waals surface area (Å²) in [5.74, 6) is 0.455. The molecule has 6 aromatic rings. The highest BCUT2D eigenvalue weighted by Crippen LogP contribution is 2.36. The average molecular weight is 381 g/mol. The molecule has 29 heavy (non-hydrogen) atoms. The van der Waals surface area contributed by atoms with E-state index in [1.54, 1.807) is 24.5 Å². The Kier molecular flexibility index (Phi) is 3.26. The molecule has 2 aromatic carbocycles. The number of fused-ring (bicyclic) bond motifs is 7. The van der Waals surface area contributed by atoms with E-state index in [1.165, 1.54) is 6.07 Å². The van der Waals surface area contributed by atoms with Gasteiger partial charge in [0, 0.05) is 45.3 Å². The van der Waals surface area contributed by atoms with E-state index >= 15 is 0 Å². The molecule has 0 saturated heterocycles. The van der Waals surface area contributed by atoms with Crippen LogP contribution in [0, 0.1) is 5.82 Å². The number of aromatic amines is 2. The predicted octanol–water partition coefficient (Wildman–Crippen LogP) is 5.51. The molecule has 0 aliphatic rings. The highest BCUT2D eigenvalue weighted by Gasteiger charge is 2.19. The third-order valence-corrected chi connectivity index (χ3v) is 5.50. The summed E-state index contributed by atoms with van der Waals surface area (Å²) in [6.07, 6.45) is 4.33. The smallest absolute Gasteiger partial charge is 0.140 e. The second kappa shape index (κ2) is 5.85. The topological polar surface area (TPSA) is 70.2 Å². The molecule has 2 N–H and O–H groups in total. The van der Waals surface area contributed by atoms with Gasteiger partial charge >= 0.3 is 0 Å². The van der Waals surface area contributed by atoms with Crippen molar-refractivity contribution in [1.82, 2.24) is 24.9 Å². The van der Waals surface area contributed by atoms with E-state index in [-0.39, 0.29) is 5.82 Å². The Morgan fingerprint density at radius 2 is 1.62 bits per heavy atom. The molecule has 6 heteroatoms. The van der Waals surface area contributed by atoms with Gasteiger partial charge in [0.25, 0.3) is 0 Å². The predicted molar refractivity (Wildman–Crippen MR) is 113 cm³/mol. The normalized spacial score (nSPS) is 11.9. The lowest BCUT2D eigenvalue weighted by Crippen LogP contribution is -1.86. The van der Waals surface area contributed by atoms with Crippen molar-refractivity contribution in [3.63, 3.8) is 0 Å². The summed E-state index contributed by atoms with van der Waals surface area (Å²) in [5, 5.41) is 2.74. The number of nitrogens with one attached hydrogen (secondary N) is 2. The molecule has 0 amide bonds. The maximum atomic E-state index is 14.0. The maximum Gasteiger partial charge on any atom is 0.140 e. The molecule has 6 rings (SSSR count). The third-order valence-electron chi connectivity index (χ3n) is 5.50. The summed E-state index contributed by atoms with van der Waals surface area (Å²) in [6.45, 7) is 2.08. The van der Waals surface area contributed by atoms with Gasteiger partial charge in [0.15, 0.2) is 0 Å². The third kappa shape index (κ3) is 2.23. The van der Waals surface area contributed by atoms with Crippen LogP contribution in [0.15, 0.2) is 54.9 Å². The van der Waals surface area contributed by atoms with Gasteiger partial charge in [0.2, 0.25) is 0 Å². The summed E-state index contributed by atoms with van der Waals surface area (Å²) < 4.78 is 14.0. The number of H-pyrrole nitrogens is 2. The Morgan fingerprint density at radius 1 is 0.862 bits per heavy atom. The Morgan fingerprint density at radius 3 is 2.41 bits per heavy atom. The first kappa shape index (κ1) is 16.2. The van der Waals surface area contributed by atoms with Crippen LogP contribution in [-0.2, 0) is 6.42 Å². The summed E-state index contributed by atoms with van der Waals surface area (Å²) >= 11 is 0. The van der Waals surface area contributed by atoms with Crippen LogP contribution < -0.4 is 0 Å². The molecular weight excluding hydrogens is 365 g/mol. The molecule has 0 radical (unpaired) electrons. The summed E-state index contributed by atoms with van der Waals surface area (Å²) in [6, 6.07) is 12.7. The summed E-state index contributed by atoms with van der Waals surface area (Å²) in [5.41, 5.74) is 6.26. The molecule has 140 valence electrons. The Hall–Kier alpha value is -3.80. The number of rotatable bonds is 2. The van der Waals surface area contributed by atoms with Crippen LogP contribution in [0.1, 0.15) is 12.6 Å². The molecule has 4 aromatic heterocycles. The van der Waals surface area contributed by atoms with Crippen molar-refractivity contribution in [2.24, 2.45) is 0 Å².